The number of carbonyl (C=O) groups excluding carboxylic acids is 3. The predicted molar refractivity (Wildman–Crippen MR) is 92.4 cm³/mol. The molecule has 0 fully saturated rings. The Morgan fingerprint density at radius 2 is 1.32 bits per heavy atom. The average Bonchev–Trinajstić information content (AvgIpc) is 2.65. The zero-order valence-corrected chi connectivity index (χ0v) is 13.9. The van der Waals surface area contributed by atoms with Crippen molar-refractivity contribution in [2.45, 2.75) is 6.92 Å². The minimum Gasteiger partial charge on any atom is -0.459 e. The molecule has 0 unspecified atom stereocenters. The van der Waals surface area contributed by atoms with Gasteiger partial charge in [0.2, 0.25) is 0 Å². The molecule has 0 radical (unpaired) electrons. The highest BCUT2D eigenvalue weighted by Gasteiger charge is 2.12. The first kappa shape index (κ1) is 18.1. The Morgan fingerprint density at radius 3 is 1.92 bits per heavy atom. The Hall–Kier alpha value is -3.21. The van der Waals surface area contributed by atoms with E-state index < -0.39 is 11.9 Å². The summed E-state index contributed by atoms with van der Waals surface area (Å²) < 4.78 is 9.84. The molecule has 5 heteroatoms. The highest BCUT2D eigenvalue weighted by molar-refractivity contribution is 6.09. The van der Waals surface area contributed by atoms with Gasteiger partial charge in [-0.05, 0) is 19.1 Å². The van der Waals surface area contributed by atoms with Crippen molar-refractivity contribution in [2.75, 3.05) is 13.2 Å². The van der Waals surface area contributed by atoms with Gasteiger partial charge in [0.15, 0.2) is 5.78 Å². The summed E-state index contributed by atoms with van der Waals surface area (Å²) in [6.07, 6.45) is 0. The summed E-state index contributed by atoms with van der Waals surface area (Å²) in [5.74, 6) is -1.20. The molecule has 2 aromatic carbocycles. The standard InChI is InChI=1S/C20H18O5/c1-14(2)19(22)24-12-13-25-20(23)17-10-8-16(9-11-17)18(21)15-6-4-3-5-7-15/h3-11H,1,12-13H2,2H3. The third-order valence-corrected chi connectivity index (χ3v) is 3.32. The summed E-state index contributed by atoms with van der Waals surface area (Å²) in [6.45, 7) is 4.89. The topological polar surface area (TPSA) is 69.7 Å². The molecule has 0 aliphatic rings. The SMILES string of the molecule is C=C(C)C(=O)OCCOC(=O)c1ccc(C(=O)c2ccccc2)cc1. The molecule has 2 rings (SSSR count). The van der Waals surface area contributed by atoms with Crippen molar-refractivity contribution in [3.05, 3.63) is 83.4 Å². The summed E-state index contributed by atoms with van der Waals surface area (Å²) in [5, 5.41) is 0. The quantitative estimate of drug-likeness (QED) is 0.336. The fraction of sp³-hybridized carbons (Fsp3) is 0.150. The molecule has 0 aliphatic carbocycles. The van der Waals surface area contributed by atoms with Gasteiger partial charge < -0.3 is 9.47 Å². The molecule has 25 heavy (non-hydrogen) atoms. The first-order valence-electron chi connectivity index (χ1n) is 7.68. The second-order valence-electron chi connectivity index (χ2n) is 5.32. The zero-order valence-electron chi connectivity index (χ0n) is 13.9. The zero-order chi connectivity index (χ0) is 18.2. The van der Waals surface area contributed by atoms with Crippen LogP contribution in [-0.4, -0.2) is 30.9 Å². The van der Waals surface area contributed by atoms with Crippen LogP contribution in [0.25, 0.3) is 0 Å². The van der Waals surface area contributed by atoms with E-state index in [0.717, 1.165) is 0 Å². The molecule has 0 spiro atoms. The van der Waals surface area contributed by atoms with Gasteiger partial charge in [-0.25, -0.2) is 9.59 Å². The Morgan fingerprint density at radius 1 is 0.800 bits per heavy atom. The second kappa shape index (κ2) is 8.59. The van der Waals surface area contributed by atoms with E-state index in [4.69, 9.17) is 9.47 Å². The van der Waals surface area contributed by atoms with Crippen LogP contribution in [0.3, 0.4) is 0 Å². The van der Waals surface area contributed by atoms with Gasteiger partial charge in [-0.15, -0.1) is 0 Å². The van der Waals surface area contributed by atoms with E-state index in [-0.39, 0.29) is 24.6 Å². The number of esters is 2. The van der Waals surface area contributed by atoms with Gasteiger partial charge in [-0.3, -0.25) is 4.79 Å². The Bertz CT molecular complexity index is 775. The lowest BCUT2D eigenvalue weighted by atomic mass is 10.0. The maximum atomic E-state index is 12.3. The van der Waals surface area contributed by atoms with Gasteiger partial charge in [-0.2, -0.15) is 0 Å². The molecule has 0 amide bonds. The molecule has 0 heterocycles. The summed E-state index contributed by atoms with van der Waals surface area (Å²) in [5.41, 5.74) is 1.66. The molecule has 0 atom stereocenters. The molecule has 0 aliphatic heterocycles. The number of carbonyl (C=O) groups is 3. The van der Waals surface area contributed by atoms with E-state index in [0.29, 0.717) is 16.7 Å². The highest BCUT2D eigenvalue weighted by Crippen LogP contribution is 2.12. The molecular formula is C20H18O5. The fourth-order valence-electron chi connectivity index (χ4n) is 1.99. The van der Waals surface area contributed by atoms with E-state index in [9.17, 15) is 14.4 Å². The summed E-state index contributed by atoms with van der Waals surface area (Å²) in [4.78, 5) is 35.4. The van der Waals surface area contributed by atoms with E-state index in [1.807, 2.05) is 6.07 Å². The van der Waals surface area contributed by atoms with Gasteiger partial charge in [0.25, 0.3) is 0 Å². The summed E-state index contributed by atoms with van der Waals surface area (Å²) >= 11 is 0. The first-order chi connectivity index (χ1) is 12.0. The molecule has 2 aromatic rings. The summed E-state index contributed by atoms with van der Waals surface area (Å²) in [7, 11) is 0. The molecule has 0 bridgehead atoms. The van der Waals surface area contributed by atoms with Crippen molar-refractivity contribution >= 4 is 17.7 Å². The Balaban J connectivity index is 1.89. The number of rotatable bonds is 7. The van der Waals surface area contributed by atoms with Gasteiger partial charge >= 0.3 is 11.9 Å². The van der Waals surface area contributed by atoms with Crippen LogP contribution >= 0.6 is 0 Å². The second-order valence-corrected chi connectivity index (χ2v) is 5.32. The smallest absolute Gasteiger partial charge is 0.338 e. The van der Waals surface area contributed by atoms with Gasteiger partial charge in [0.1, 0.15) is 13.2 Å². The van der Waals surface area contributed by atoms with Crippen LogP contribution in [0.1, 0.15) is 33.2 Å². The van der Waals surface area contributed by atoms with Gasteiger partial charge in [0.05, 0.1) is 5.56 Å². The molecule has 0 N–H and O–H groups in total. The maximum Gasteiger partial charge on any atom is 0.338 e. The molecule has 0 aromatic heterocycles. The van der Waals surface area contributed by atoms with Crippen LogP contribution < -0.4 is 0 Å². The van der Waals surface area contributed by atoms with Crippen LogP contribution in [0.4, 0.5) is 0 Å². The lowest BCUT2D eigenvalue weighted by molar-refractivity contribution is -0.140. The number of benzene rings is 2. The van der Waals surface area contributed by atoms with Crippen LogP contribution in [0.15, 0.2) is 66.7 Å². The maximum absolute atomic E-state index is 12.3. The third kappa shape index (κ3) is 5.14. The lowest BCUT2D eigenvalue weighted by Crippen LogP contribution is -2.14. The molecular weight excluding hydrogens is 320 g/mol. The largest absolute Gasteiger partial charge is 0.459 e. The predicted octanol–water partition coefficient (Wildman–Crippen LogP) is 3.19. The number of hydrogen-bond donors (Lipinski definition) is 0. The number of ether oxygens (including phenoxy) is 2. The molecule has 0 saturated heterocycles. The number of ketones is 1. The van der Waals surface area contributed by atoms with E-state index in [1.54, 1.807) is 36.4 Å². The van der Waals surface area contributed by atoms with Crippen LogP contribution in [0.2, 0.25) is 0 Å². The van der Waals surface area contributed by atoms with Crippen molar-refractivity contribution < 1.29 is 23.9 Å². The minimum atomic E-state index is -0.551. The van der Waals surface area contributed by atoms with E-state index in [1.165, 1.54) is 19.1 Å². The third-order valence-electron chi connectivity index (χ3n) is 3.32. The van der Waals surface area contributed by atoms with Crippen LogP contribution in [0, 0.1) is 0 Å². The minimum absolute atomic E-state index is 0.0397. The normalized spacial score (nSPS) is 9.96. The fourth-order valence-corrected chi connectivity index (χ4v) is 1.99. The van der Waals surface area contributed by atoms with Crippen molar-refractivity contribution in [1.82, 2.24) is 0 Å². The van der Waals surface area contributed by atoms with Crippen LogP contribution in [0.5, 0.6) is 0 Å². The monoisotopic (exact) mass is 338 g/mol. The first-order valence-corrected chi connectivity index (χ1v) is 7.68. The highest BCUT2D eigenvalue weighted by atomic mass is 16.6. The van der Waals surface area contributed by atoms with Crippen LogP contribution in [-0.2, 0) is 14.3 Å². The number of hydrogen-bond acceptors (Lipinski definition) is 5. The lowest BCUT2D eigenvalue weighted by Gasteiger charge is -2.07. The average molecular weight is 338 g/mol. The summed E-state index contributed by atoms with van der Waals surface area (Å²) in [6, 6.07) is 15.1. The Labute approximate surface area is 145 Å². The van der Waals surface area contributed by atoms with Crippen molar-refractivity contribution in [3.8, 4) is 0 Å². The molecule has 0 saturated carbocycles. The van der Waals surface area contributed by atoms with E-state index >= 15 is 0 Å². The van der Waals surface area contributed by atoms with Crippen molar-refractivity contribution in [1.29, 1.82) is 0 Å². The van der Waals surface area contributed by atoms with Gasteiger partial charge in [-0.1, -0.05) is 49.0 Å². The van der Waals surface area contributed by atoms with Gasteiger partial charge in [0, 0.05) is 16.7 Å². The Kier molecular flexibility index (Phi) is 6.23. The van der Waals surface area contributed by atoms with Crippen molar-refractivity contribution in [3.63, 3.8) is 0 Å². The molecule has 128 valence electrons. The molecule has 5 nitrogen and oxygen atoms in total. The van der Waals surface area contributed by atoms with Crippen molar-refractivity contribution in [2.24, 2.45) is 0 Å². The van der Waals surface area contributed by atoms with E-state index in [2.05, 4.69) is 6.58 Å².